The van der Waals surface area contributed by atoms with Crippen molar-refractivity contribution in [3.63, 3.8) is 0 Å². The topological polar surface area (TPSA) is 64.7 Å². The lowest BCUT2D eigenvalue weighted by Gasteiger charge is -2.32. The molecule has 3 amide bonds. The molecule has 0 aromatic heterocycles. The van der Waals surface area contributed by atoms with Gasteiger partial charge in [0.25, 0.3) is 0 Å². The fourth-order valence-corrected chi connectivity index (χ4v) is 4.43. The van der Waals surface area contributed by atoms with E-state index in [1.807, 2.05) is 42.5 Å². The number of nitrogens with one attached hydrogen (secondary N) is 2. The first kappa shape index (κ1) is 21.2. The minimum absolute atomic E-state index is 0.0141. The third-order valence-corrected chi connectivity index (χ3v) is 6.21. The van der Waals surface area contributed by atoms with Crippen molar-refractivity contribution >= 4 is 29.0 Å². The molecule has 4 rings (SSSR count). The maximum atomic E-state index is 12.8. The summed E-state index contributed by atoms with van der Waals surface area (Å²) in [4.78, 5) is 29.6. The molecular weight excluding hydrogens is 388 g/mol. The van der Waals surface area contributed by atoms with Crippen LogP contribution < -0.4 is 15.5 Å². The first-order chi connectivity index (χ1) is 15.2. The van der Waals surface area contributed by atoms with Crippen LogP contribution in [0, 0.1) is 5.92 Å². The van der Waals surface area contributed by atoms with Crippen LogP contribution >= 0.6 is 0 Å². The number of rotatable bonds is 4. The number of benzene rings is 2. The molecule has 2 heterocycles. The van der Waals surface area contributed by atoms with Crippen molar-refractivity contribution in [2.24, 2.45) is 5.92 Å². The molecule has 0 bridgehead atoms. The van der Waals surface area contributed by atoms with Gasteiger partial charge < -0.3 is 20.4 Å². The van der Waals surface area contributed by atoms with Gasteiger partial charge in [-0.15, -0.1) is 0 Å². The summed E-state index contributed by atoms with van der Waals surface area (Å²) in [6, 6.07) is 17.4. The molecule has 164 valence electrons. The molecule has 2 N–H and O–H groups in total. The Morgan fingerprint density at radius 1 is 0.742 bits per heavy atom. The summed E-state index contributed by atoms with van der Waals surface area (Å²) in [6.45, 7) is 3.33. The molecule has 0 spiro atoms. The first-order valence-electron chi connectivity index (χ1n) is 11.5. The Morgan fingerprint density at radius 2 is 1.42 bits per heavy atom. The summed E-state index contributed by atoms with van der Waals surface area (Å²) in [5.41, 5.74) is 2.80. The Morgan fingerprint density at radius 3 is 2.13 bits per heavy atom. The number of carbonyl (C=O) groups excluding carboxylic acids is 2. The Hall–Kier alpha value is -3.02. The summed E-state index contributed by atoms with van der Waals surface area (Å²) in [7, 11) is 0. The van der Waals surface area contributed by atoms with Gasteiger partial charge in [-0.25, -0.2) is 4.79 Å². The van der Waals surface area contributed by atoms with Gasteiger partial charge in [0.05, 0.1) is 5.92 Å². The highest BCUT2D eigenvalue weighted by molar-refractivity contribution is 5.94. The largest absolute Gasteiger partial charge is 0.372 e. The molecule has 6 heteroatoms. The van der Waals surface area contributed by atoms with Crippen LogP contribution in [0.15, 0.2) is 54.6 Å². The van der Waals surface area contributed by atoms with Crippen LogP contribution in [0.25, 0.3) is 0 Å². The van der Waals surface area contributed by atoms with E-state index in [0.717, 1.165) is 37.3 Å². The average molecular weight is 421 g/mol. The zero-order chi connectivity index (χ0) is 21.5. The van der Waals surface area contributed by atoms with Crippen LogP contribution in [0.3, 0.4) is 0 Å². The summed E-state index contributed by atoms with van der Waals surface area (Å²) in [6.07, 6.45) is 6.74. The molecular formula is C25H32N4O2. The van der Waals surface area contributed by atoms with E-state index in [1.165, 1.54) is 31.4 Å². The van der Waals surface area contributed by atoms with Crippen LogP contribution in [0.1, 0.15) is 38.5 Å². The van der Waals surface area contributed by atoms with Crippen LogP contribution in [-0.2, 0) is 4.79 Å². The molecule has 0 saturated carbocycles. The number of carbonyl (C=O) groups is 2. The van der Waals surface area contributed by atoms with Crippen molar-refractivity contribution in [2.75, 3.05) is 41.7 Å². The standard InChI is InChI=1S/C25H32N4O2/c30-24(26-22-12-14-23(15-13-22)28-16-6-1-2-7-17-28)20-9-8-18-29(19-20)25(31)27-21-10-4-3-5-11-21/h3-5,10-15,20H,1-2,6-9,16-19H2,(H,26,30)(H,27,31). The highest BCUT2D eigenvalue weighted by atomic mass is 16.2. The molecule has 0 aliphatic carbocycles. The van der Waals surface area contributed by atoms with Gasteiger partial charge >= 0.3 is 6.03 Å². The van der Waals surface area contributed by atoms with Gasteiger partial charge in [0.1, 0.15) is 0 Å². The van der Waals surface area contributed by atoms with Crippen molar-refractivity contribution in [3.8, 4) is 0 Å². The molecule has 2 aromatic carbocycles. The lowest BCUT2D eigenvalue weighted by atomic mass is 9.97. The Balaban J connectivity index is 1.31. The molecule has 2 saturated heterocycles. The van der Waals surface area contributed by atoms with E-state index in [0.29, 0.717) is 13.1 Å². The zero-order valence-corrected chi connectivity index (χ0v) is 18.1. The van der Waals surface area contributed by atoms with E-state index in [1.54, 1.807) is 4.90 Å². The number of hydrogen-bond acceptors (Lipinski definition) is 3. The Labute approximate surface area is 184 Å². The average Bonchev–Trinajstić information content (AvgIpc) is 3.10. The van der Waals surface area contributed by atoms with Gasteiger partial charge in [-0.3, -0.25) is 4.79 Å². The normalized spacial score (nSPS) is 19.4. The molecule has 6 nitrogen and oxygen atoms in total. The molecule has 2 fully saturated rings. The van der Waals surface area contributed by atoms with Gasteiger partial charge in [-0.1, -0.05) is 31.0 Å². The van der Waals surface area contributed by atoms with E-state index >= 15 is 0 Å². The summed E-state index contributed by atoms with van der Waals surface area (Å²) < 4.78 is 0. The number of para-hydroxylation sites is 1. The fourth-order valence-electron chi connectivity index (χ4n) is 4.43. The predicted molar refractivity (Wildman–Crippen MR) is 126 cm³/mol. The first-order valence-corrected chi connectivity index (χ1v) is 11.5. The van der Waals surface area contributed by atoms with Gasteiger partial charge in [0.15, 0.2) is 0 Å². The molecule has 1 unspecified atom stereocenters. The van der Waals surface area contributed by atoms with Crippen LogP contribution in [0.2, 0.25) is 0 Å². The van der Waals surface area contributed by atoms with E-state index in [9.17, 15) is 9.59 Å². The van der Waals surface area contributed by atoms with E-state index < -0.39 is 0 Å². The number of urea groups is 1. The van der Waals surface area contributed by atoms with Crippen LogP contribution in [0.5, 0.6) is 0 Å². The predicted octanol–water partition coefficient (Wildman–Crippen LogP) is 4.95. The SMILES string of the molecule is O=C(Nc1ccc(N2CCCCCC2)cc1)C1CCCN(C(=O)Nc2ccccc2)C1. The highest BCUT2D eigenvalue weighted by Crippen LogP contribution is 2.23. The number of piperidine rings is 1. The lowest BCUT2D eigenvalue weighted by Crippen LogP contribution is -2.45. The quantitative estimate of drug-likeness (QED) is 0.736. The second-order valence-electron chi connectivity index (χ2n) is 8.52. The van der Waals surface area contributed by atoms with Crippen molar-refractivity contribution in [1.29, 1.82) is 0 Å². The molecule has 1 atom stereocenters. The van der Waals surface area contributed by atoms with Gasteiger partial charge in [0.2, 0.25) is 5.91 Å². The summed E-state index contributed by atoms with van der Waals surface area (Å²) >= 11 is 0. The molecule has 2 aromatic rings. The van der Waals surface area contributed by atoms with Gasteiger partial charge in [0, 0.05) is 43.2 Å². The molecule has 2 aliphatic rings. The van der Waals surface area contributed by atoms with Gasteiger partial charge in [-0.05, 0) is 62.1 Å². The maximum absolute atomic E-state index is 12.8. The second-order valence-corrected chi connectivity index (χ2v) is 8.52. The fraction of sp³-hybridized carbons (Fsp3) is 0.440. The maximum Gasteiger partial charge on any atom is 0.321 e. The number of hydrogen-bond donors (Lipinski definition) is 2. The van der Waals surface area contributed by atoms with Crippen molar-refractivity contribution in [1.82, 2.24) is 4.90 Å². The minimum Gasteiger partial charge on any atom is -0.372 e. The summed E-state index contributed by atoms with van der Waals surface area (Å²) in [5.74, 6) is -0.208. The van der Waals surface area contributed by atoms with Crippen molar-refractivity contribution in [2.45, 2.75) is 38.5 Å². The van der Waals surface area contributed by atoms with E-state index in [4.69, 9.17) is 0 Å². The van der Waals surface area contributed by atoms with Crippen LogP contribution in [-0.4, -0.2) is 43.0 Å². The third-order valence-electron chi connectivity index (χ3n) is 6.21. The zero-order valence-electron chi connectivity index (χ0n) is 18.1. The smallest absolute Gasteiger partial charge is 0.321 e. The van der Waals surface area contributed by atoms with Crippen molar-refractivity contribution in [3.05, 3.63) is 54.6 Å². The molecule has 2 aliphatic heterocycles. The Kier molecular flexibility index (Phi) is 7.07. The van der Waals surface area contributed by atoms with E-state index in [2.05, 4.69) is 27.7 Å². The monoisotopic (exact) mass is 420 g/mol. The number of amides is 3. The number of nitrogens with zero attached hydrogens (tertiary/aromatic N) is 2. The summed E-state index contributed by atoms with van der Waals surface area (Å²) in [5, 5.41) is 5.96. The number of anilines is 3. The number of likely N-dealkylation sites (tertiary alicyclic amines) is 1. The molecule has 31 heavy (non-hydrogen) atoms. The Bertz CT molecular complexity index is 861. The lowest BCUT2D eigenvalue weighted by molar-refractivity contribution is -0.121. The highest BCUT2D eigenvalue weighted by Gasteiger charge is 2.28. The third kappa shape index (κ3) is 5.78. The van der Waals surface area contributed by atoms with Gasteiger partial charge in [-0.2, -0.15) is 0 Å². The van der Waals surface area contributed by atoms with Crippen LogP contribution in [0.4, 0.5) is 21.9 Å². The minimum atomic E-state index is -0.194. The van der Waals surface area contributed by atoms with Crippen molar-refractivity contribution < 1.29 is 9.59 Å². The van der Waals surface area contributed by atoms with E-state index in [-0.39, 0.29) is 17.9 Å². The molecule has 0 radical (unpaired) electrons. The second kappa shape index (κ2) is 10.3.